The van der Waals surface area contributed by atoms with Crippen LogP contribution in [0, 0.1) is 0 Å². The summed E-state index contributed by atoms with van der Waals surface area (Å²) in [6, 6.07) is 8.74. The fourth-order valence-electron chi connectivity index (χ4n) is 3.03. The molecule has 0 aliphatic carbocycles. The molecule has 0 radical (unpaired) electrons. The highest BCUT2D eigenvalue weighted by molar-refractivity contribution is 5.92. The number of carbonyl (C=O) groups excluding carboxylic acids is 1. The van der Waals surface area contributed by atoms with Crippen LogP contribution in [0.1, 0.15) is 33.4 Å². The van der Waals surface area contributed by atoms with Crippen molar-refractivity contribution < 1.29 is 9.90 Å². The number of phenolic OH excluding ortho intramolecular Hbond substituents is 1. The van der Waals surface area contributed by atoms with Crippen molar-refractivity contribution >= 4 is 5.91 Å². The highest BCUT2D eigenvalue weighted by Gasteiger charge is 2.32. The van der Waals surface area contributed by atoms with E-state index in [1.54, 1.807) is 41.7 Å². The van der Waals surface area contributed by atoms with E-state index in [1.165, 1.54) is 0 Å². The number of hydrogen-bond acceptors (Lipinski definition) is 4. The molecular formula is C16H15N5O2. The molecule has 3 aromatic rings. The van der Waals surface area contributed by atoms with Crippen molar-refractivity contribution in [1.29, 1.82) is 0 Å². The highest BCUT2D eigenvalue weighted by atomic mass is 16.3. The monoisotopic (exact) mass is 309 g/mol. The fraction of sp³-hybridized carbons (Fsp3) is 0.188. The second-order valence-electron chi connectivity index (χ2n) is 5.57. The summed E-state index contributed by atoms with van der Waals surface area (Å²) in [5.41, 5.74) is 3.23. The maximum atomic E-state index is 12.6. The predicted octanol–water partition coefficient (Wildman–Crippen LogP) is 1.63. The first-order chi connectivity index (χ1) is 11.2. The van der Waals surface area contributed by atoms with E-state index in [1.807, 2.05) is 6.07 Å². The first-order valence-electron chi connectivity index (χ1n) is 7.32. The Bertz CT molecular complexity index is 840. The normalized spacial score (nSPS) is 17.0. The van der Waals surface area contributed by atoms with Gasteiger partial charge in [-0.25, -0.2) is 4.98 Å². The summed E-state index contributed by atoms with van der Waals surface area (Å²) in [5, 5.41) is 16.3. The Labute approximate surface area is 132 Å². The molecule has 3 N–H and O–H groups in total. The van der Waals surface area contributed by atoms with E-state index in [9.17, 15) is 9.90 Å². The Balaban J connectivity index is 1.71. The second-order valence-corrected chi connectivity index (χ2v) is 5.57. The fourth-order valence-corrected chi connectivity index (χ4v) is 3.03. The molecule has 1 unspecified atom stereocenters. The summed E-state index contributed by atoms with van der Waals surface area (Å²) in [5.74, 6) is 0.0217. The number of amides is 1. The Morgan fingerprint density at radius 2 is 2.26 bits per heavy atom. The largest absolute Gasteiger partial charge is 0.508 e. The SMILES string of the molecule is O=C(c1ccn[nH]1)N1Cc2[nH]cnc2C(c2cccc(O)c2)C1. The number of imidazole rings is 1. The minimum Gasteiger partial charge on any atom is -0.508 e. The van der Waals surface area contributed by atoms with E-state index in [-0.39, 0.29) is 17.6 Å². The zero-order chi connectivity index (χ0) is 15.8. The zero-order valence-electron chi connectivity index (χ0n) is 12.2. The number of fused-ring (bicyclic) bond motifs is 1. The van der Waals surface area contributed by atoms with Crippen LogP contribution in [0.2, 0.25) is 0 Å². The Morgan fingerprint density at radius 1 is 1.35 bits per heavy atom. The molecule has 1 aliphatic rings. The molecule has 1 aromatic carbocycles. The molecule has 0 bridgehead atoms. The van der Waals surface area contributed by atoms with E-state index >= 15 is 0 Å². The number of benzene rings is 1. The molecular weight excluding hydrogens is 294 g/mol. The van der Waals surface area contributed by atoms with Crippen molar-refractivity contribution in [2.45, 2.75) is 12.5 Å². The lowest BCUT2D eigenvalue weighted by molar-refractivity contribution is 0.0716. The number of phenols is 1. The molecule has 7 nitrogen and oxygen atoms in total. The maximum absolute atomic E-state index is 12.6. The second kappa shape index (κ2) is 5.28. The number of nitrogens with one attached hydrogen (secondary N) is 2. The van der Waals surface area contributed by atoms with Gasteiger partial charge in [0.2, 0.25) is 0 Å². The molecule has 23 heavy (non-hydrogen) atoms. The molecule has 116 valence electrons. The zero-order valence-corrected chi connectivity index (χ0v) is 12.2. The molecule has 7 heteroatoms. The summed E-state index contributed by atoms with van der Waals surface area (Å²) in [7, 11) is 0. The van der Waals surface area contributed by atoms with Gasteiger partial charge in [-0.15, -0.1) is 0 Å². The average Bonchev–Trinajstić information content (AvgIpc) is 3.24. The summed E-state index contributed by atoms with van der Waals surface area (Å²) < 4.78 is 0. The molecule has 1 aliphatic heterocycles. The van der Waals surface area contributed by atoms with Crippen molar-refractivity contribution in [3.8, 4) is 5.75 Å². The molecule has 2 aromatic heterocycles. The summed E-state index contributed by atoms with van der Waals surface area (Å²) in [6.07, 6.45) is 3.20. The Hall–Kier alpha value is -3.09. The minimum absolute atomic E-state index is 0.0797. The average molecular weight is 309 g/mol. The third-order valence-corrected chi connectivity index (χ3v) is 4.12. The number of aromatic nitrogens is 4. The third-order valence-electron chi connectivity index (χ3n) is 4.12. The van der Waals surface area contributed by atoms with Gasteiger partial charge in [0.05, 0.1) is 24.3 Å². The van der Waals surface area contributed by atoms with Gasteiger partial charge >= 0.3 is 0 Å². The number of hydrogen-bond donors (Lipinski definition) is 3. The molecule has 1 amide bonds. The van der Waals surface area contributed by atoms with Gasteiger partial charge in [-0.1, -0.05) is 12.1 Å². The van der Waals surface area contributed by atoms with Gasteiger partial charge in [-0.3, -0.25) is 9.89 Å². The topological polar surface area (TPSA) is 97.9 Å². The number of aromatic hydroxyl groups is 1. The number of nitrogens with zero attached hydrogens (tertiary/aromatic N) is 3. The van der Waals surface area contributed by atoms with Gasteiger partial charge in [0.1, 0.15) is 11.4 Å². The van der Waals surface area contributed by atoms with Crippen LogP contribution in [-0.2, 0) is 6.54 Å². The van der Waals surface area contributed by atoms with Crippen LogP contribution in [0.4, 0.5) is 0 Å². The van der Waals surface area contributed by atoms with Gasteiger partial charge < -0.3 is 15.0 Å². The lowest BCUT2D eigenvalue weighted by Crippen LogP contribution is -2.39. The van der Waals surface area contributed by atoms with Gasteiger partial charge in [-0.2, -0.15) is 5.10 Å². The van der Waals surface area contributed by atoms with Gasteiger partial charge in [0, 0.05) is 18.7 Å². The predicted molar refractivity (Wildman–Crippen MR) is 81.9 cm³/mol. The van der Waals surface area contributed by atoms with Crippen LogP contribution in [0.15, 0.2) is 42.9 Å². The minimum atomic E-state index is -0.104. The van der Waals surface area contributed by atoms with Crippen LogP contribution < -0.4 is 0 Å². The van der Waals surface area contributed by atoms with Crippen molar-refractivity contribution in [2.75, 3.05) is 6.54 Å². The van der Waals surface area contributed by atoms with Crippen molar-refractivity contribution in [2.24, 2.45) is 0 Å². The quantitative estimate of drug-likeness (QED) is 0.670. The Kier molecular flexibility index (Phi) is 3.11. The standard InChI is InChI=1S/C16H15N5O2/c22-11-3-1-2-10(6-11)12-7-21(8-14-15(12)18-9-17-14)16(23)13-4-5-19-20-13/h1-6,9,12,22H,7-8H2,(H,17,18)(H,19,20). The molecule has 1 atom stereocenters. The van der Waals surface area contributed by atoms with E-state index in [2.05, 4.69) is 20.2 Å². The van der Waals surface area contributed by atoms with E-state index in [4.69, 9.17) is 0 Å². The number of carbonyl (C=O) groups is 1. The molecule has 0 spiro atoms. The first kappa shape index (κ1) is 13.6. The van der Waals surface area contributed by atoms with Crippen LogP contribution in [0.5, 0.6) is 5.75 Å². The van der Waals surface area contributed by atoms with Crippen LogP contribution >= 0.6 is 0 Å². The summed E-state index contributed by atoms with van der Waals surface area (Å²) in [4.78, 5) is 21.9. The lowest BCUT2D eigenvalue weighted by Gasteiger charge is -2.32. The van der Waals surface area contributed by atoms with Crippen LogP contribution in [-0.4, -0.2) is 42.6 Å². The van der Waals surface area contributed by atoms with E-state index in [0.29, 0.717) is 18.8 Å². The van der Waals surface area contributed by atoms with Gasteiger partial charge in [-0.05, 0) is 23.8 Å². The molecule has 0 saturated heterocycles. The number of aromatic amines is 2. The van der Waals surface area contributed by atoms with Crippen molar-refractivity contribution in [1.82, 2.24) is 25.1 Å². The summed E-state index contributed by atoms with van der Waals surface area (Å²) >= 11 is 0. The molecule has 4 rings (SSSR count). The third kappa shape index (κ3) is 2.36. The number of rotatable bonds is 2. The number of H-pyrrole nitrogens is 2. The van der Waals surface area contributed by atoms with E-state index in [0.717, 1.165) is 17.0 Å². The smallest absolute Gasteiger partial charge is 0.272 e. The van der Waals surface area contributed by atoms with Crippen LogP contribution in [0.25, 0.3) is 0 Å². The molecule has 0 fully saturated rings. The first-order valence-corrected chi connectivity index (χ1v) is 7.32. The summed E-state index contributed by atoms with van der Waals surface area (Å²) in [6.45, 7) is 0.974. The highest BCUT2D eigenvalue weighted by Crippen LogP contribution is 2.33. The Morgan fingerprint density at radius 3 is 3.04 bits per heavy atom. The van der Waals surface area contributed by atoms with Crippen molar-refractivity contribution in [3.63, 3.8) is 0 Å². The van der Waals surface area contributed by atoms with Gasteiger partial charge in [0.15, 0.2) is 0 Å². The maximum Gasteiger partial charge on any atom is 0.272 e. The van der Waals surface area contributed by atoms with Crippen molar-refractivity contribution in [3.05, 3.63) is 65.5 Å². The lowest BCUT2D eigenvalue weighted by atomic mass is 9.90. The molecule has 0 saturated carbocycles. The van der Waals surface area contributed by atoms with Crippen LogP contribution in [0.3, 0.4) is 0 Å². The van der Waals surface area contributed by atoms with Gasteiger partial charge in [0.25, 0.3) is 5.91 Å². The molecule has 3 heterocycles. The van der Waals surface area contributed by atoms with E-state index < -0.39 is 0 Å².